The second-order valence-electron chi connectivity index (χ2n) is 6.19. The van der Waals surface area contributed by atoms with Crippen molar-refractivity contribution in [2.45, 2.75) is 38.8 Å². The van der Waals surface area contributed by atoms with Crippen molar-refractivity contribution in [3.05, 3.63) is 35.9 Å². The molecule has 2 atom stereocenters. The second-order valence-corrected chi connectivity index (χ2v) is 6.19. The van der Waals surface area contributed by atoms with Crippen molar-refractivity contribution in [1.29, 1.82) is 0 Å². The summed E-state index contributed by atoms with van der Waals surface area (Å²) in [6, 6.07) is 9.31. The molecule has 7 nitrogen and oxygen atoms in total. The third-order valence-corrected chi connectivity index (χ3v) is 3.94. The molecule has 0 bridgehead atoms. The Kier molecular flexibility index (Phi) is 4.91. The van der Waals surface area contributed by atoms with Gasteiger partial charge >= 0.3 is 6.09 Å². The average Bonchev–Trinajstić information content (AvgIpc) is 2.74. The van der Waals surface area contributed by atoms with Gasteiger partial charge in [-0.05, 0) is 18.4 Å². The molecule has 0 radical (unpaired) electrons. The summed E-state index contributed by atoms with van der Waals surface area (Å²) < 4.78 is 5.13. The Hall–Kier alpha value is -2.12. The standard InChI is InChI=1S/C16H23N3O4/c1-11(2)16(13(20)18-15(3,22)19-16)10-17-14(21)23-9-12-7-5-4-6-8-12/h4-8,11,19,22H,9-10H2,1-3H3,(H,17,21)(H,18,20). The number of hydrogen-bond acceptors (Lipinski definition) is 5. The third kappa shape index (κ3) is 4.00. The highest BCUT2D eigenvalue weighted by Crippen LogP contribution is 2.25. The van der Waals surface area contributed by atoms with Gasteiger partial charge in [-0.25, -0.2) is 4.79 Å². The lowest BCUT2D eigenvalue weighted by molar-refractivity contribution is -0.126. The molecule has 4 N–H and O–H groups in total. The summed E-state index contributed by atoms with van der Waals surface area (Å²) >= 11 is 0. The van der Waals surface area contributed by atoms with E-state index in [1.165, 1.54) is 6.92 Å². The van der Waals surface area contributed by atoms with Crippen LogP contribution in [-0.4, -0.2) is 35.0 Å². The fourth-order valence-corrected chi connectivity index (χ4v) is 2.58. The maximum atomic E-state index is 12.2. The predicted octanol–water partition coefficient (Wildman–Crippen LogP) is 0.693. The van der Waals surface area contributed by atoms with Gasteiger partial charge in [-0.2, -0.15) is 0 Å². The zero-order valence-electron chi connectivity index (χ0n) is 13.6. The Bertz CT molecular complexity index is 574. The van der Waals surface area contributed by atoms with Gasteiger partial charge < -0.3 is 20.5 Å². The summed E-state index contributed by atoms with van der Waals surface area (Å²) in [4.78, 5) is 24.1. The van der Waals surface area contributed by atoms with E-state index in [9.17, 15) is 14.7 Å². The van der Waals surface area contributed by atoms with E-state index in [0.717, 1.165) is 5.56 Å². The summed E-state index contributed by atoms with van der Waals surface area (Å²) in [5, 5.41) is 17.9. The van der Waals surface area contributed by atoms with Crippen molar-refractivity contribution in [2.24, 2.45) is 5.92 Å². The molecular weight excluding hydrogens is 298 g/mol. The lowest BCUT2D eigenvalue weighted by Gasteiger charge is -2.32. The summed E-state index contributed by atoms with van der Waals surface area (Å²) in [6.07, 6.45) is -0.616. The molecule has 1 aliphatic rings. The Morgan fingerprint density at radius 1 is 1.35 bits per heavy atom. The number of amides is 2. The van der Waals surface area contributed by atoms with Crippen LogP contribution in [0.1, 0.15) is 26.3 Å². The van der Waals surface area contributed by atoms with E-state index in [0.29, 0.717) is 0 Å². The van der Waals surface area contributed by atoms with E-state index in [-0.39, 0.29) is 25.0 Å². The first-order chi connectivity index (χ1) is 10.8. The Labute approximate surface area is 135 Å². The third-order valence-electron chi connectivity index (χ3n) is 3.94. The molecule has 0 spiro atoms. The number of carbonyl (C=O) groups is 2. The van der Waals surface area contributed by atoms with Crippen LogP contribution in [0.3, 0.4) is 0 Å². The molecule has 0 aliphatic carbocycles. The first kappa shape index (κ1) is 17.2. The van der Waals surface area contributed by atoms with Crippen molar-refractivity contribution >= 4 is 12.0 Å². The number of nitrogens with one attached hydrogen (secondary N) is 3. The van der Waals surface area contributed by atoms with E-state index in [1.54, 1.807) is 0 Å². The molecule has 0 aromatic heterocycles. The minimum atomic E-state index is -1.50. The van der Waals surface area contributed by atoms with Crippen LogP contribution in [0, 0.1) is 5.92 Å². The molecule has 2 unspecified atom stereocenters. The van der Waals surface area contributed by atoms with Gasteiger partial charge in [0.2, 0.25) is 5.91 Å². The van der Waals surface area contributed by atoms with Crippen LogP contribution in [-0.2, 0) is 16.1 Å². The highest BCUT2D eigenvalue weighted by Gasteiger charge is 2.53. The summed E-state index contributed by atoms with van der Waals surface area (Å²) in [7, 11) is 0. The monoisotopic (exact) mass is 321 g/mol. The number of aliphatic hydroxyl groups is 1. The van der Waals surface area contributed by atoms with Crippen LogP contribution >= 0.6 is 0 Å². The van der Waals surface area contributed by atoms with Gasteiger partial charge in [0.1, 0.15) is 12.1 Å². The number of benzene rings is 1. The molecule has 2 amide bonds. The lowest BCUT2D eigenvalue weighted by Crippen LogP contribution is -2.60. The van der Waals surface area contributed by atoms with E-state index in [4.69, 9.17) is 4.74 Å². The van der Waals surface area contributed by atoms with Crippen molar-refractivity contribution < 1.29 is 19.4 Å². The van der Waals surface area contributed by atoms with E-state index in [2.05, 4.69) is 16.0 Å². The van der Waals surface area contributed by atoms with Crippen molar-refractivity contribution in [3.63, 3.8) is 0 Å². The second kappa shape index (κ2) is 6.55. The maximum Gasteiger partial charge on any atom is 0.407 e. The average molecular weight is 321 g/mol. The van der Waals surface area contributed by atoms with Crippen molar-refractivity contribution in [1.82, 2.24) is 16.0 Å². The number of hydrogen-bond donors (Lipinski definition) is 4. The van der Waals surface area contributed by atoms with Crippen molar-refractivity contribution in [3.8, 4) is 0 Å². The normalized spacial score (nSPS) is 26.9. The molecule has 0 saturated carbocycles. The van der Waals surface area contributed by atoms with E-state index < -0.39 is 17.5 Å². The van der Waals surface area contributed by atoms with Crippen LogP contribution in [0.5, 0.6) is 0 Å². The zero-order valence-corrected chi connectivity index (χ0v) is 13.6. The van der Waals surface area contributed by atoms with Gasteiger partial charge in [-0.3, -0.25) is 10.1 Å². The van der Waals surface area contributed by atoms with Crippen LogP contribution in [0.4, 0.5) is 4.79 Å². The molecule has 7 heteroatoms. The van der Waals surface area contributed by atoms with Gasteiger partial charge in [-0.15, -0.1) is 0 Å². The molecule has 1 heterocycles. The van der Waals surface area contributed by atoms with Gasteiger partial charge in [-0.1, -0.05) is 44.2 Å². The van der Waals surface area contributed by atoms with Crippen LogP contribution in [0.25, 0.3) is 0 Å². The van der Waals surface area contributed by atoms with Crippen LogP contribution in [0.2, 0.25) is 0 Å². The van der Waals surface area contributed by atoms with Gasteiger partial charge in [0.15, 0.2) is 5.85 Å². The highest BCUT2D eigenvalue weighted by molar-refractivity contribution is 5.90. The molecule has 1 aliphatic heterocycles. The molecule has 2 rings (SSSR count). The van der Waals surface area contributed by atoms with Gasteiger partial charge in [0, 0.05) is 6.54 Å². The molecule has 1 fully saturated rings. The Morgan fingerprint density at radius 3 is 2.52 bits per heavy atom. The largest absolute Gasteiger partial charge is 0.445 e. The van der Waals surface area contributed by atoms with E-state index in [1.807, 2.05) is 44.2 Å². The molecule has 126 valence electrons. The number of alkyl carbamates (subject to hydrolysis) is 1. The molecule has 1 aromatic carbocycles. The summed E-state index contributed by atoms with van der Waals surface area (Å²) in [5.41, 5.74) is -0.212. The van der Waals surface area contributed by atoms with Gasteiger partial charge in [0.05, 0.1) is 0 Å². The molecule has 1 aromatic rings. The maximum absolute atomic E-state index is 12.2. The predicted molar refractivity (Wildman–Crippen MR) is 84.1 cm³/mol. The molecular formula is C16H23N3O4. The smallest absolute Gasteiger partial charge is 0.407 e. The lowest BCUT2D eigenvalue weighted by atomic mass is 9.86. The molecule has 23 heavy (non-hydrogen) atoms. The van der Waals surface area contributed by atoms with Crippen LogP contribution < -0.4 is 16.0 Å². The van der Waals surface area contributed by atoms with Gasteiger partial charge in [0.25, 0.3) is 0 Å². The van der Waals surface area contributed by atoms with E-state index >= 15 is 0 Å². The van der Waals surface area contributed by atoms with Crippen LogP contribution in [0.15, 0.2) is 30.3 Å². The minimum Gasteiger partial charge on any atom is -0.445 e. The fourth-order valence-electron chi connectivity index (χ4n) is 2.58. The summed E-state index contributed by atoms with van der Waals surface area (Å²) in [5.74, 6) is -2.01. The first-order valence-electron chi connectivity index (χ1n) is 7.54. The number of rotatable bonds is 5. The Balaban J connectivity index is 1.92. The summed E-state index contributed by atoms with van der Waals surface area (Å²) in [6.45, 7) is 5.29. The fraction of sp³-hybridized carbons (Fsp3) is 0.500. The number of carbonyl (C=O) groups excluding carboxylic acids is 2. The topological polar surface area (TPSA) is 99.7 Å². The zero-order chi connectivity index (χ0) is 17.1. The quantitative estimate of drug-likeness (QED) is 0.639. The Morgan fingerprint density at radius 2 is 2.00 bits per heavy atom. The number of ether oxygens (including phenoxy) is 1. The van der Waals surface area contributed by atoms with Crippen molar-refractivity contribution in [2.75, 3.05) is 6.54 Å². The first-order valence-corrected chi connectivity index (χ1v) is 7.54. The SMILES string of the molecule is CC(C)C1(CNC(=O)OCc2ccccc2)NC(C)(O)NC1=O. The molecule has 1 saturated heterocycles. The minimum absolute atomic E-state index is 0.0142. The highest BCUT2D eigenvalue weighted by atomic mass is 16.5.